The lowest BCUT2D eigenvalue weighted by Gasteiger charge is -2.30. The Morgan fingerprint density at radius 3 is 2.56 bits per heavy atom. The third-order valence-electron chi connectivity index (χ3n) is 6.17. The summed E-state index contributed by atoms with van der Waals surface area (Å²) in [6.45, 7) is 3.11. The lowest BCUT2D eigenvalue weighted by atomic mass is 9.83. The molecule has 1 atom stereocenters. The summed E-state index contributed by atoms with van der Waals surface area (Å²) in [7, 11) is 0. The third-order valence-corrected chi connectivity index (χ3v) is 6.17. The van der Waals surface area contributed by atoms with Crippen molar-refractivity contribution in [2.24, 2.45) is 5.92 Å². The first kappa shape index (κ1) is 23.3. The number of carbonyl (C=O) groups excluding carboxylic acids is 1. The molecule has 1 aliphatic carbocycles. The molecule has 0 unspecified atom stereocenters. The summed E-state index contributed by atoms with van der Waals surface area (Å²) in [6.07, 6.45) is 9.37. The monoisotopic (exact) mass is 457 g/mol. The molecule has 0 saturated heterocycles. The fourth-order valence-electron chi connectivity index (χ4n) is 4.39. The zero-order valence-electron chi connectivity index (χ0n) is 19.5. The van der Waals surface area contributed by atoms with E-state index in [1.807, 2.05) is 54.2 Å². The van der Waals surface area contributed by atoms with Gasteiger partial charge in [-0.2, -0.15) is 15.2 Å². The lowest BCUT2D eigenvalue weighted by molar-refractivity contribution is -0.123. The van der Waals surface area contributed by atoms with Crippen molar-refractivity contribution in [2.45, 2.75) is 51.6 Å². The fraction of sp³-hybridized carbons (Fsp3) is 0.385. The number of rotatable bonds is 9. The summed E-state index contributed by atoms with van der Waals surface area (Å²) in [4.78, 5) is 22.6. The van der Waals surface area contributed by atoms with Gasteiger partial charge in [0.1, 0.15) is 17.7 Å². The average molecular weight is 458 g/mol. The molecule has 2 aromatic heterocycles. The van der Waals surface area contributed by atoms with Gasteiger partial charge < -0.3 is 20.5 Å². The van der Waals surface area contributed by atoms with E-state index in [9.17, 15) is 4.79 Å². The van der Waals surface area contributed by atoms with Crippen molar-refractivity contribution in [1.29, 1.82) is 5.26 Å². The molecule has 0 bridgehead atoms. The van der Waals surface area contributed by atoms with E-state index in [0.717, 1.165) is 37.1 Å². The summed E-state index contributed by atoms with van der Waals surface area (Å²) in [5, 5.41) is 18.7. The van der Waals surface area contributed by atoms with Gasteiger partial charge in [0.05, 0.1) is 11.6 Å². The zero-order valence-corrected chi connectivity index (χ0v) is 19.5. The van der Waals surface area contributed by atoms with Crippen molar-refractivity contribution in [3.63, 3.8) is 0 Å². The second-order valence-corrected chi connectivity index (χ2v) is 8.60. The molecule has 8 heteroatoms. The number of nitrogens with one attached hydrogen (secondary N) is 3. The van der Waals surface area contributed by atoms with E-state index in [0.29, 0.717) is 30.4 Å². The number of carbonyl (C=O) groups is 1. The minimum atomic E-state index is -0.388. The van der Waals surface area contributed by atoms with Crippen molar-refractivity contribution in [3.8, 4) is 11.9 Å². The summed E-state index contributed by atoms with van der Waals surface area (Å²) in [5.74, 6) is 2.08. The van der Waals surface area contributed by atoms with Crippen LogP contribution >= 0.6 is 0 Å². The van der Waals surface area contributed by atoms with Crippen molar-refractivity contribution >= 4 is 17.7 Å². The van der Waals surface area contributed by atoms with Gasteiger partial charge in [0.25, 0.3) is 0 Å². The van der Waals surface area contributed by atoms with Crippen LogP contribution in [-0.4, -0.2) is 33.0 Å². The maximum absolute atomic E-state index is 13.4. The molecule has 0 aliphatic heterocycles. The van der Waals surface area contributed by atoms with Crippen LogP contribution in [0.5, 0.6) is 0 Å². The van der Waals surface area contributed by atoms with E-state index in [1.54, 1.807) is 12.1 Å². The summed E-state index contributed by atoms with van der Waals surface area (Å²) in [5.41, 5.74) is 1.57. The van der Waals surface area contributed by atoms with Gasteiger partial charge in [-0.1, -0.05) is 31.4 Å². The third kappa shape index (κ3) is 5.93. The Kier molecular flexibility index (Phi) is 7.76. The van der Waals surface area contributed by atoms with Crippen LogP contribution in [0.2, 0.25) is 0 Å². The first-order chi connectivity index (χ1) is 16.7. The Labute approximate surface area is 200 Å². The summed E-state index contributed by atoms with van der Waals surface area (Å²) >= 11 is 0. The fourth-order valence-corrected chi connectivity index (χ4v) is 4.39. The second-order valence-electron chi connectivity index (χ2n) is 8.60. The number of nitriles is 1. The standard InChI is InChI=1S/C26H31N7O/c1-2-28-26-31-22(16-23(32-26)33-14-6-7-15-33)30-24(21-8-4-3-5-9-21)25(34)29-18-20-12-10-19(17-27)11-13-20/h6-7,10-16,21,24H,2-5,8-9,18H2,1H3,(H,29,34)(H2,28,30,31,32)/t24-/m1/s1. The van der Waals surface area contributed by atoms with Gasteiger partial charge in [-0.3, -0.25) is 4.79 Å². The van der Waals surface area contributed by atoms with Crippen LogP contribution in [0, 0.1) is 17.2 Å². The molecule has 4 rings (SSSR count). The van der Waals surface area contributed by atoms with E-state index in [4.69, 9.17) is 5.26 Å². The SMILES string of the molecule is CCNc1nc(N[C@@H](C(=O)NCc2ccc(C#N)cc2)C2CCCCC2)cc(-n2cccc2)n1. The molecule has 8 nitrogen and oxygen atoms in total. The summed E-state index contributed by atoms with van der Waals surface area (Å²) in [6, 6.07) is 14.8. The number of nitrogens with zero attached hydrogens (tertiary/aromatic N) is 4. The Morgan fingerprint density at radius 2 is 1.88 bits per heavy atom. The molecule has 34 heavy (non-hydrogen) atoms. The topological polar surface area (TPSA) is 108 Å². The minimum Gasteiger partial charge on any atom is -0.358 e. The van der Waals surface area contributed by atoms with Gasteiger partial charge >= 0.3 is 0 Å². The van der Waals surface area contributed by atoms with Crippen LogP contribution in [-0.2, 0) is 11.3 Å². The Hall–Kier alpha value is -3.86. The van der Waals surface area contributed by atoms with E-state index >= 15 is 0 Å². The average Bonchev–Trinajstić information content (AvgIpc) is 3.42. The van der Waals surface area contributed by atoms with Gasteiger partial charge in [0.15, 0.2) is 0 Å². The van der Waals surface area contributed by atoms with E-state index in [2.05, 4.69) is 32.0 Å². The van der Waals surface area contributed by atoms with E-state index in [1.165, 1.54) is 6.42 Å². The highest BCUT2D eigenvalue weighted by atomic mass is 16.2. The Bertz CT molecular complexity index is 1110. The predicted octanol–water partition coefficient (Wildman–Crippen LogP) is 4.25. The second kappa shape index (κ2) is 11.3. The molecule has 1 saturated carbocycles. The van der Waals surface area contributed by atoms with Crippen molar-refractivity contribution in [3.05, 3.63) is 66.0 Å². The zero-order chi connectivity index (χ0) is 23.8. The maximum atomic E-state index is 13.4. The number of hydrogen-bond donors (Lipinski definition) is 3. The molecule has 1 fully saturated rings. The van der Waals surface area contributed by atoms with Crippen LogP contribution in [0.15, 0.2) is 54.9 Å². The highest BCUT2D eigenvalue weighted by molar-refractivity contribution is 5.84. The lowest BCUT2D eigenvalue weighted by Crippen LogP contribution is -2.45. The van der Waals surface area contributed by atoms with Gasteiger partial charge in [-0.25, -0.2) is 0 Å². The van der Waals surface area contributed by atoms with Crippen LogP contribution < -0.4 is 16.0 Å². The number of amides is 1. The highest BCUT2D eigenvalue weighted by Gasteiger charge is 2.30. The molecule has 0 radical (unpaired) electrons. The number of anilines is 2. The van der Waals surface area contributed by atoms with Gasteiger partial charge in [0.2, 0.25) is 11.9 Å². The molecule has 1 amide bonds. The van der Waals surface area contributed by atoms with Gasteiger partial charge in [-0.15, -0.1) is 0 Å². The van der Waals surface area contributed by atoms with Crippen LogP contribution in [0.25, 0.3) is 5.82 Å². The van der Waals surface area contributed by atoms with Crippen LogP contribution in [0.3, 0.4) is 0 Å². The smallest absolute Gasteiger partial charge is 0.243 e. The quantitative estimate of drug-likeness (QED) is 0.443. The molecule has 1 aliphatic rings. The first-order valence-electron chi connectivity index (χ1n) is 12.0. The molecule has 2 heterocycles. The van der Waals surface area contributed by atoms with Gasteiger partial charge in [-0.05, 0) is 55.5 Å². The van der Waals surface area contributed by atoms with Crippen molar-refractivity contribution in [1.82, 2.24) is 19.9 Å². The van der Waals surface area contributed by atoms with Crippen molar-refractivity contribution in [2.75, 3.05) is 17.2 Å². The molecule has 176 valence electrons. The maximum Gasteiger partial charge on any atom is 0.243 e. The molecule has 3 aromatic rings. The van der Waals surface area contributed by atoms with Crippen LogP contribution in [0.1, 0.15) is 50.2 Å². The van der Waals surface area contributed by atoms with Crippen LogP contribution in [0.4, 0.5) is 11.8 Å². The molecule has 1 aromatic carbocycles. The molecular weight excluding hydrogens is 426 g/mol. The number of benzene rings is 1. The molecule has 3 N–H and O–H groups in total. The van der Waals surface area contributed by atoms with Crippen molar-refractivity contribution < 1.29 is 4.79 Å². The number of aromatic nitrogens is 3. The largest absolute Gasteiger partial charge is 0.358 e. The minimum absolute atomic E-state index is 0.0395. The first-order valence-corrected chi connectivity index (χ1v) is 12.0. The van der Waals surface area contributed by atoms with E-state index in [-0.39, 0.29) is 17.9 Å². The molecular formula is C26H31N7O. The molecule has 0 spiro atoms. The van der Waals surface area contributed by atoms with Gasteiger partial charge in [0, 0.05) is 31.5 Å². The Morgan fingerprint density at radius 1 is 1.15 bits per heavy atom. The van der Waals surface area contributed by atoms with E-state index < -0.39 is 0 Å². The highest BCUT2D eigenvalue weighted by Crippen LogP contribution is 2.29. The normalized spacial score (nSPS) is 14.7. The Balaban J connectivity index is 1.54. The summed E-state index contributed by atoms with van der Waals surface area (Å²) < 4.78 is 1.92. The predicted molar refractivity (Wildman–Crippen MR) is 133 cm³/mol. The number of hydrogen-bond acceptors (Lipinski definition) is 6.